The van der Waals surface area contributed by atoms with Crippen LogP contribution in [0.15, 0.2) is 24.3 Å². The Morgan fingerprint density at radius 1 is 1.18 bits per heavy atom. The van der Waals surface area contributed by atoms with E-state index < -0.39 is 0 Å². The van der Waals surface area contributed by atoms with Gasteiger partial charge in [-0.25, -0.2) is 4.90 Å². The Hall–Kier alpha value is -1.43. The quantitative estimate of drug-likeness (QED) is 0.793. The fourth-order valence-electron chi connectivity index (χ4n) is 3.18. The number of nitrogens with zero attached hydrogens (tertiary/aromatic N) is 3. The average Bonchev–Trinajstić information content (AvgIpc) is 2.82. The minimum Gasteiger partial charge on any atom is -0.301 e. The minimum atomic E-state index is -0.328. The molecule has 6 heteroatoms. The summed E-state index contributed by atoms with van der Waals surface area (Å²) in [6.45, 7) is 6.74. The molecule has 1 atom stereocenters. The summed E-state index contributed by atoms with van der Waals surface area (Å²) in [7, 11) is 0. The number of likely N-dealkylation sites (N-methyl/N-ethyl adjacent to an activating group) is 1. The monoisotopic (exact) mass is 321 g/mol. The molecule has 1 aromatic carbocycles. The molecule has 0 aromatic heterocycles. The zero-order chi connectivity index (χ0) is 15.7. The van der Waals surface area contributed by atoms with Gasteiger partial charge in [0.15, 0.2) is 0 Å². The van der Waals surface area contributed by atoms with Gasteiger partial charge in [-0.15, -0.1) is 0 Å². The number of hydrogen-bond acceptors (Lipinski definition) is 4. The summed E-state index contributed by atoms with van der Waals surface area (Å²) in [5.74, 6) is -0.271. The molecule has 5 nitrogen and oxygen atoms in total. The summed E-state index contributed by atoms with van der Waals surface area (Å²) in [6, 6.07) is 6.57. The van der Waals surface area contributed by atoms with Gasteiger partial charge in [0.05, 0.1) is 18.2 Å². The lowest BCUT2D eigenvalue weighted by atomic mass is 10.1. The number of rotatable bonds is 3. The minimum absolute atomic E-state index is 0.128. The number of carbonyl (C=O) groups is 2. The maximum absolute atomic E-state index is 12.7. The van der Waals surface area contributed by atoms with E-state index in [0.717, 1.165) is 32.7 Å². The van der Waals surface area contributed by atoms with Crippen molar-refractivity contribution in [3.63, 3.8) is 0 Å². The van der Waals surface area contributed by atoms with Crippen LogP contribution >= 0.6 is 11.6 Å². The molecule has 0 unspecified atom stereocenters. The Balaban J connectivity index is 1.75. The zero-order valence-corrected chi connectivity index (χ0v) is 13.4. The van der Waals surface area contributed by atoms with E-state index in [1.165, 1.54) is 4.90 Å². The molecule has 1 aromatic rings. The zero-order valence-electron chi connectivity index (χ0n) is 12.7. The number of hydrogen-bond donors (Lipinski definition) is 0. The standard InChI is InChI=1S/C16H20ClN3O2/c1-2-18-6-8-19(9-7-18)14-11-15(21)20(16(14)22)13-5-3-4-12(17)10-13/h3-5,10,14H,2,6-9,11H2,1H3/t14-/m0/s1. The molecule has 2 aliphatic rings. The van der Waals surface area contributed by atoms with E-state index in [4.69, 9.17) is 11.6 Å². The molecule has 0 N–H and O–H groups in total. The van der Waals surface area contributed by atoms with Gasteiger partial charge in [-0.3, -0.25) is 14.5 Å². The van der Waals surface area contributed by atoms with Crippen molar-refractivity contribution in [3.05, 3.63) is 29.3 Å². The van der Waals surface area contributed by atoms with Gasteiger partial charge in [-0.2, -0.15) is 0 Å². The topological polar surface area (TPSA) is 43.9 Å². The second kappa shape index (κ2) is 6.36. The molecular formula is C16H20ClN3O2. The third-order valence-corrected chi connectivity index (χ3v) is 4.72. The van der Waals surface area contributed by atoms with Gasteiger partial charge in [-0.1, -0.05) is 24.6 Å². The van der Waals surface area contributed by atoms with Crippen molar-refractivity contribution < 1.29 is 9.59 Å². The largest absolute Gasteiger partial charge is 0.301 e. The lowest BCUT2D eigenvalue weighted by Crippen LogP contribution is -2.52. The first-order chi connectivity index (χ1) is 10.6. The van der Waals surface area contributed by atoms with Gasteiger partial charge in [0.25, 0.3) is 5.91 Å². The second-order valence-electron chi connectivity index (χ2n) is 5.74. The van der Waals surface area contributed by atoms with Gasteiger partial charge < -0.3 is 4.90 Å². The highest BCUT2D eigenvalue weighted by Crippen LogP contribution is 2.28. The summed E-state index contributed by atoms with van der Waals surface area (Å²) in [4.78, 5) is 30.7. The fraction of sp³-hybridized carbons (Fsp3) is 0.500. The Bertz CT molecular complexity index is 585. The van der Waals surface area contributed by atoms with E-state index >= 15 is 0 Å². The van der Waals surface area contributed by atoms with Crippen molar-refractivity contribution in [2.24, 2.45) is 0 Å². The molecule has 2 aliphatic heterocycles. The lowest BCUT2D eigenvalue weighted by Gasteiger charge is -2.36. The predicted molar refractivity (Wildman–Crippen MR) is 86.0 cm³/mol. The molecule has 0 saturated carbocycles. The van der Waals surface area contributed by atoms with Crippen LogP contribution in [0.4, 0.5) is 5.69 Å². The van der Waals surface area contributed by atoms with Crippen LogP contribution in [0.5, 0.6) is 0 Å². The molecule has 2 heterocycles. The molecule has 0 radical (unpaired) electrons. The van der Waals surface area contributed by atoms with E-state index in [9.17, 15) is 9.59 Å². The summed E-state index contributed by atoms with van der Waals surface area (Å²) < 4.78 is 0. The molecule has 118 valence electrons. The van der Waals surface area contributed by atoms with Crippen LogP contribution in [0, 0.1) is 0 Å². The number of halogens is 1. The summed E-state index contributed by atoms with van der Waals surface area (Å²) in [5, 5.41) is 0.526. The van der Waals surface area contributed by atoms with Crippen LogP contribution in [-0.4, -0.2) is 60.4 Å². The van der Waals surface area contributed by atoms with Gasteiger partial charge in [0, 0.05) is 31.2 Å². The van der Waals surface area contributed by atoms with Gasteiger partial charge in [-0.05, 0) is 24.7 Å². The molecular weight excluding hydrogens is 302 g/mol. The lowest BCUT2D eigenvalue weighted by molar-refractivity contribution is -0.123. The molecule has 2 saturated heterocycles. The van der Waals surface area contributed by atoms with Crippen molar-refractivity contribution >= 4 is 29.1 Å². The number of amides is 2. The molecule has 22 heavy (non-hydrogen) atoms. The smallest absolute Gasteiger partial charge is 0.251 e. The molecule has 0 bridgehead atoms. The highest BCUT2D eigenvalue weighted by Gasteiger charge is 2.43. The third kappa shape index (κ3) is 2.89. The summed E-state index contributed by atoms with van der Waals surface area (Å²) >= 11 is 5.97. The molecule has 2 amide bonds. The Labute approximate surface area is 135 Å². The number of carbonyl (C=O) groups excluding carboxylic acids is 2. The van der Waals surface area contributed by atoms with Crippen molar-refractivity contribution in [2.45, 2.75) is 19.4 Å². The number of benzene rings is 1. The van der Waals surface area contributed by atoms with Gasteiger partial charge in [0.2, 0.25) is 5.91 Å². The van der Waals surface area contributed by atoms with Gasteiger partial charge >= 0.3 is 0 Å². The van der Waals surface area contributed by atoms with Crippen LogP contribution < -0.4 is 4.90 Å². The highest BCUT2D eigenvalue weighted by atomic mass is 35.5. The summed E-state index contributed by atoms with van der Waals surface area (Å²) in [6.07, 6.45) is 0.261. The highest BCUT2D eigenvalue weighted by molar-refractivity contribution is 6.31. The normalized spacial score (nSPS) is 24.3. The Morgan fingerprint density at radius 2 is 1.91 bits per heavy atom. The molecule has 3 rings (SSSR count). The van der Waals surface area contributed by atoms with Crippen molar-refractivity contribution in [3.8, 4) is 0 Å². The summed E-state index contributed by atoms with van der Waals surface area (Å²) in [5.41, 5.74) is 0.567. The van der Waals surface area contributed by atoms with Crippen LogP contribution in [0.3, 0.4) is 0 Å². The first-order valence-electron chi connectivity index (χ1n) is 7.69. The van der Waals surface area contributed by atoms with E-state index in [0.29, 0.717) is 10.7 Å². The SMILES string of the molecule is CCN1CCN([C@H]2CC(=O)N(c3cccc(Cl)c3)C2=O)CC1. The fourth-order valence-corrected chi connectivity index (χ4v) is 3.36. The predicted octanol–water partition coefficient (Wildman–Crippen LogP) is 1.61. The first kappa shape index (κ1) is 15.5. The second-order valence-corrected chi connectivity index (χ2v) is 6.17. The Kier molecular flexibility index (Phi) is 4.47. The van der Waals surface area contributed by atoms with Crippen molar-refractivity contribution in [1.29, 1.82) is 0 Å². The van der Waals surface area contributed by atoms with Crippen LogP contribution in [-0.2, 0) is 9.59 Å². The van der Waals surface area contributed by atoms with E-state index in [2.05, 4.69) is 16.7 Å². The van der Waals surface area contributed by atoms with Crippen LogP contribution in [0.2, 0.25) is 5.02 Å². The molecule has 0 aliphatic carbocycles. The van der Waals surface area contributed by atoms with Crippen molar-refractivity contribution in [1.82, 2.24) is 9.80 Å². The average molecular weight is 322 g/mol. The van der Waals surface area contributed by atoms with E-state index in [1.807, 2.05) is 0 Å². The molecule has 0 spiro atoms. The number of piperazine rings is 1. The third-order valence-electron chi connectivity index (χ3n) is 4.48. The van der Waals surface area contributed by atoms with E-state index in [-0.39, 0.29) is 24.3 Å². The Morgan fingerprint density at radius 3 is 2.55 bits per heavy atom. The number of imide groups is 1. The van der Waals surface area contributed by atoms with Crippen LogP contribution in [0.25, 0.3) is 0 Å². The maximum atomic E-state index is 12.7. The maximum Gasteiger partial charge on any atom is 0.251 e. The first-order valence-corrected chi connectivity index (χ1v) is 8.06. The van der Waals surface area contributed by atoms with Crippen molar-refractivity contribution in [2.75, 3.05) is 37.6 Å². The number of anilines is 1. The molecule has 2 fully saturated rings. The van der Waals surface area contributed by atoms with Crippen LogP contribution in [0.1, 0.15) is 13.3 Å². The van der Waals surface area contributed by atoms with Gasteiger partial charge in [0.1, 0.15) is 0 Å². The van der Waals surface area contributed by atoms with E-state index in [1.54, 1.807) is 24.3 Å².